The van der Waals surface area contributed by atoms with Crippen molar-refractivity contribution in [3.8, 4) is 0 Å². The molecule has 0 aliphatic carbocycles. The van der Waals surface area contributed by atoms with E-state index in [-0.39, 0.29) is 17.9 Å². The molecule has 2 aromatic carbocycles. The predicted octanol–water partition coefficient (Wildman–Crippen LogP) is 2.23. The second kappa shape index (κ2) is 8.01. The number of likely N-dealkylation sites (N-methyl/N-ethyl adjacent to an activating group) is 1. The summed E-state index contributed by atoms with van der Waals surface area (Å²) in [5.74, 6) is -0.0353. The molecule has 3 rings (SSSR count). The van der Waals surface area contributed by atoms with Crippen molar-refractivity contribution in [2.75, 3.05) is 23.8 Å². The molecule has 1 aliphatic heterocycles. The average Bonchev–Trinajstić information content (AvgIpc) is 2.71. The maximum atomic E-state index is 13.0. The maximum absolute atomic E-state index is 13.0. The van der Waals surface area contributed by atoms with Gasteiger partial charge in [-0.1, -0.05) is 40.2 Å². The van der Waals surface area contributed by atoms with Crippen LogP contribution in [0.25, 0.3) is 0 Å². The number of nitrogens with one attached hydrogen (secondary N) is 2. The van der Waals surface area contributed by atoms with Gasteiger partial charge in [0.05, 0.1) is 18.4 Å². The number of quaternary nitrogens is 1. The Labute approximate surface area is 162 Å². The lowest BCUT2D eigenvalue weighted by Gasteiger charge is -2.28. The van der Waals surface area contributed by atoms with Crippen LogP contribution in [0.1, 0.15) is 18.9 Å². The molecule has 0 aromatic heterocycles. The molecule has 2 amide bonds. The summed E-state index contributed by atoms with van der Waals surface area (Å²) < 4.78 is 1.04. The molecule has 0 saturated heterocycles. The van der Waals surface area contributed by atoms with E-state index in [9.17, 15) is 9.59 Å². The lowest BCUT2D eigenvalue weighted by atomic mass is 10.1. The summed E-state index contributed by atoms with van der Waals surface area (Å²) in [6.45, 7) is 3.05. The van der Waals surface area contributed by atoms with Crippen molar-refractivity contribution in [1.82, 2.24) is 0 Å². The number of halogens is 1. The van der Waals surface area contributed by atoms with Crippen LogP contribution < -0.4 is 15.1 Å². The van der Waals surface area contributed by atoms with Crippen molar-refractivity contribution in [3.63, 3.8) is 0 Å². The first-order chi connectivity index (χ1) is 12.4. The minimum atomic E-state index is -0.174. The van der Waals surface area contributed by atoms with Crippen LogP contribution in [0.5, 0.6) is 0 Å². The molecule has 2 aromatic rings. The zero-order valence-electron chi connectivity index (χ0n) is 15.0. The molecule has 5 nitrogen and oxygen atoms in total. The number of amides is 2. The Hall–Kier alpha value is -2.18. The van der Waals surface area contributed by atoms with Crippen molar-refractivity contribution in [3.05, 3.63) is 58.6 Å². The van der Waals surface area contributed by atoms with Crippen molar-refractivity contribution in [2.24, 2.45) is 0 Å². The van der Waals surface area contributed by atoms with Gasteiger partial charge in [0.15, 0.2) is 6.54 Å². The molecule has 0 saturated carbocycles. The number of fused-ring (bicyclic) bond motifs is 1. The molecule has 0 bridgehead atoms. The molecule has 6 heteroatoms. The molecule has 0 fully saturated rings. The molecule has 2 N–H and O–H groups in total. The predicted molar refractivity (Wildman–Crippen MR) is 106 cm³/mol. The molecule has 2 atom stereocenters. The van der Waals surface area contributed by atoms with Crippen LogP contribution in [-0.2, 0) is 16.1 Å². The van der Waals surface area contributed by atoms with E-state index in [0.29, 0.717) is 18.7 Å². The standard InChI is InChI=1S/C20H22BrN3O2/c1-14-11-19(25)22-17-5-3-4-6-18(17)24(14)20(26)13-23(2)12-15-7-9-16(21)10-8-15/h3-10,14H,11-13H2,1-2H3,(H,22,25)/p+1/t14-/m1/s1. The highest BCUT2D eigenvalue weighted by Gasteiger charge is 2.30. The maximum Gasteiger partial charge on any atom is 0.282 e. The van der Waals surface area contributed by atoms with Gasteiger partial charge < -0.3 is 15.1 Å². The van der Waals surface area contributed by atoms with Crippen LogP contribution in [0, 0.1) is 0 Å². The van der Waals surface area contributed by atoms with Crippen LogP contribution in [-0.4, -0.2) is 31.4 Å². The number of hydrogen-bond donors (Lipinski definition) is 2. The smallest absolute Gasteiger partial charge is 0.282 e. The summed E-state index contributed by atoms with van der Waals surface area (Å²) in [5.41, 5.74) is 2.65. The second-order valence-electron chi connectivity index (χ2n) is 6.82. The normalized spacial score (nSPS) is 17.9. The van der Waals surface area contributed by atoms with Gasteiger partial charge in [0.25, 0.3) is 5.91 Å². The van der Waals surface area contributed by atoms with Crippen molar-refractivity contribution in [2.45, 2.75) is 25.9 Å². The van der Waals surface area contributed by atoms with Gasteiger partial charge in [-0.3, -0.25) is 9.59 Å². The van der Waals surface area contributed by atoms with E-state index in [4.69, 9.17) is 0 Å². The highest BCUT2D eigenvalue weighted by molar-refractivity contribution is 9.10. The number of carbonyl (C=O) groups is 2. The van der Waals surface area contributed by atoms with E-state index >= 15 is 0 Å². The Morgan fingerprint density at radius 2 is 1.92 bits per heavy atom. The van der Waals surface area contributed by atoms with Gasteiger partial charge in [-0.25, -0.2) is 0 Å². The number of anilines is 2. The number of carbonyl (C=O) groups excluding carboxylic acids is 2. The largest absolute Gasteiger partial charge is 0.326 e. The van der Waals surface area contributed by atoms with E-state index in [1.165, 1.54) is 5.56 Å². The fourth-order valence-corrected chi connectivity index (χ4v) is 3.59. The third-order valence-electron chi connectivity index (χ3n) is 4.50. The Morgan fingerprint density at radius 3 is 2.65 bits per heavy atom. The van der Waals surface area contributed by atoms with E-state index in [2.05, 4.69) is 33.4 Å². The number of nitrogens with zero attached hydrogens (tertiary/aromatic N) is 1. The van der Waals surface area contributed by atoms with Gasteiger partial charge in [0.2, 0.25) is 5.91 Å². The number of hydrogen-bond acceptors (Lipinski definition) is 2. The Bertz CT molecular complexity index is 807. The fourth-order valence-electron chi connectivity index (χ4n) is 3.32. The summed E-state index contributed by atoms with van der Waals surface area (Å²) in [7, 11) is 2.01. The van der Waals surface area contributed by atoms with E-state index < -0.39 is 0 Å². The molecule has 26 heavy (non-hydrogen) atoms. The lowest BCUT2D eigenvalue weighted by molar-refractivity contribution is -0.885. The monoisotopic (exact) mass is 416 g/mol. The van der Waals surface area contributed by atoms with Gasteiger partial charge in [0, 0.05) is 22.5 Å². The minimum absolute atomic E-state index is 0.0241. The van der Waals surface area contributed by atoms with E-state index in [0.717, 1.165) is 21.6 Å². The first kappa shape index (κ1) is 18.6. The first-order valence-electron chi connectivity index (χ1n) is 8.70. The molecule has 1 aliphatic rings. The van der Waals surface area contributed by atoms with Crippen LogP contribution >= 0.6 is 15.9 Å². The van der Waals surface area contributed by atoms with Crippen molar-refractivity contribution in [1.29, 1.82) is 0 Å². The highest BCUT2D eigenvalue weighted by Crippen LogP contribution is 2.31. The zero-order chi connectivity index (χ0) is 18.7. The molecule has 1 unspecified atom stereocenters. The van der Waals surface area contributed by atoms with E-state index in [1.807, 2.05) is 50.4 Å². The van der Waals surface area contributed by atoms with Gasteiger partial charge >= 0.3 is 0 Å². The van der Waals surface area contributed by atoms with Crippen LogP contribution in [0.2, 0.25) is 0 Å². The average molecular weight is 417 g/mol. The second-order valence-corrected chi connectivity index (χ2v) is 7.74. The number of rotatable bonds is 4. The highest BCUT2D eigenvalue weighted by atomic mass is 79.9. The molecular weight excluding hydrogens is 394 g/mol. The summed E-state index contributed by atoms with van der Waals surface area (Å²) >= 11 is 3.44. The van der Waals surface area contributed by atoms with E-state index in [1.54, 1.807) is 4.90 Å². The van der Waals surface area contributed by atoms with Crippen LogP contribution in [0.15, 0.2) is 53.0 Å². The molecule has 1 heterocycles. The molecular formula is C20H23BrN3O2+. The summed E-state index contributed by atoms with van der Waals surface area (Å²) in [5, 5.41) is 2.89. The van der Waals surface area contributed by atoms with Crippen LogP contribution in [0.3, 0.4) is 0 Å². The fraction of sp³-hybridized carbons (Fsp3) is 0.300. The Balaban J connectivity index is 1.75. The summed E-state index contributed by atoms with van der Waals surface area (Å²) in [4.78, 5) is 28.0. The summed E-state index contributed by atoms with van der Waals surface area (Å²) in [6, 6.07) is 15.4. The summed E-state index contributed by atoms with van der Waals surface area (Å²) in [6.07, 6.45) is 0.298. The third kappa shape index (κ3) is 4.31. The van der Waals surface area contributed by atoms with Crippen molar-refractivity contribution >= 4 is 39.1 Å². The SMILES string of the molecule is C[C@@H]1CC(=O)Nc2ccccc2N1C(=O)C[NH+](C)Cc1ccc(Br)cc1. The first-order valence-corrected chi connectivity index (χ1v) is 9.50. The number of benzene rings is 2. The topological polar surface area (TPSA) is 53.9 Å². The quantitative estimate of drug-likeness (QED) is 0.802. The molecule has 0 spiro atoms. The van der Waals surface area contributed by atoms with Gasteiger partial charge in [0.1, 0.15) is 6.54 Å². The van der Waals surface area contributed by atoms with Crippen LogP contribution in [0.4, 0.5) is 11.4 Å². The third-order valence-corrected chi connectivity index (χ3v) is 5.03. The van der Waals surface area contributed by atoms with Gasteiger partial charge in [-0.05, 0) is 31.2 Å². The Kier molecular flexibility index (Phi) is 5.74. The van der Waals surface area contributed by atoms with Gasteiger partial charge in [-0.15, -0.1) is 0 Å². The van der Waals surface area contributed by atoms with Gasteiger partial charge in [-0.2, -0.15) is 0 Å². The molecule has 136 valence electrons. The molecule has 0 radical (unpaired) electrons. The Morgan fingerprint density at radius 1 is 1.23 bits per heavy atom. The van der Waals surface area contributed by atoms with Crippen molar-refractivity contribution < 1.29 is 14.5 Å². The minimum Gasteiger partial charge on any atom is -0.326 e. The lowest BCUT2D eigenvalue weighted by Crippen LogP contribution is -3.09. The zero-order valence-corrected chi connectivity index (χ0v) is 16.5. The number of para-hydroxylation sites is 2.